The number of aromatic hydroxyl groups is 1. The Morgan fingerprint density at radius 3 is 2.47 bits per heavy atom. The molecule has 2 bridgehead atoms. The number of aromatic nitrogens is 1. The van der Waals surface area contributed by atoms with Gasteiger partial charge in [-0.1, -0.05) is 6.07 Å². The fraction of sp³-hybridized carbons (Fsp3) is 0.393. The fourth-order valence-corrected chi connectivity index (χ4v) is 6.31. The number of halogens is 1. The van der Waals surface area contributed by atoms with Gasteiger partial charge >= 0.3 is 5.97 Å². The van der Waals surface area contributed by atoms with Crippen LogP contribution in [-0.2, 0) is 9.53 Å². The van der Waals surface area contributed by atoms with Crippen LogP contribution in [0.2, 0.25) is 0 Å². The second kappa shape index (κ2) is 8.00. The molecule has 3 saturated carbocycles. The van der Waals surface area contributed by atoms with Gasteiger partial charge in [0.05, 0.1) is 11.1 Å². The van der Waals surface area contributed by atoms with Gasteiger partial charge in [0.2, 0.25) is 0 Å². The highest BCUT2D eigenvalue weighted by Gasteiger charge is 2.72. The van der Waals surface area contributed by atoms with Crippen molar-refractivity contribution in [2.75, 3.05) is 13.2 Å². The van der Waals surface area contributed by atoms with E-state index < -0.39 is 16.9 Å². The first-order chi connectivity index (χ1) is 17.2. The Bertz CT molecular complexity index is 1410. The molecule has 36 heavy (non-hydrogen) atoms. The second-order valence-corrected chi connectivity index (χ2v) is 10.7. The molecule has 3 N–H and O–H groups in total. The van der Waals surface area contributed by atoms with Crippen LogP contribution in [-0.4, -0.2) is 45.8 Å². The van der Waals surface area contributed by atoms with Crippen LogP contribution in [0.15, 0.2) is 36.4 Å². The molecule has 0 spiro atoms. The first-order valence-corrected chi connectivity index (χ1v) is 12.3. The third kappa shape index (κ3) is 3.46. The van der Waals surface area contributed by atoms with E-state index in [0.29, 0.717) is 43.4 Å². The molecule has 0 atom stereocenters. The Hall–Kier alpha value is -3.52. The second-order valence-electron chi connectivity index (χ2n) is 10.7. The number of fused-ring (bicyclic) bond motifs is 1. The number of hydrogen-bond donors (Lipinski definition) is 3. The molecule has 3 aromatic rings. The molecule has 0 radical (unpaired) electrons. The lowest BCUT2D eigenvalue weighted by atomic mass is 9.39. The molecule has 1 aromatic heterocycles. The Kier molecular flexibility index (Phi) is 5.09. The maximum Gasteiger partial charge on any atom is 0.309 e. The van der Waals surface area contributed by atoms with Crippen molar-refractivity contribution in [3.63, 3.8) is 0 Å². The number of pyridine rings is 1. The number of carbonyl (C=O) groups is 2. The Morgan fingerprint density at radius 1 is 1.08 bits per heavy atom. The van der Waals surface area contributed by atoms with Gasteiger partial charge in [-0.05, 0) is 85.9 Å². The maximum atomic E-state index is 14.1. The van der Waals surface area contributed by atoms with E-state index in [1.165, 1.54) is 12.1 Å². The molecular formula is C28H27FN2O5. The molecule has 2 heterocycles. The van der Waals surface area contributed by atoms with Gasteiger partial charge in [-0.3, -0.25) is 9.59 Å². The number of nitrogens with zero attached hydrogens (tertiary/aromatic N) is 1. The van der Waals surface area contributed by atoms with E-state index in [0.717, 1.165) is 35.0 Å². The third-order valence-electron chi connectivity index (χ3n) is 8.15. The Labute approximate surface area is 207 Å². The molecule has 8 heteroatoms. The average Bonchev–Trinajstić information content (AvgIpc) is 2.81. The van der Waals surface area contributed by atoms with E-state index in [1.807, 2.05) is 0 Å². The van der Waals surface area contributed by atoms with Crippen molar-refractivity contribution in [3.8, 4) is 16.9 Å². The van der Waals surface area contributed by atoms with Crippen molar-refractivity contribution < 1.29 is 28.9 Å². The number of benzene rings is 2. The first-order valence-electron chi connectivity index (χ1n) is 12.3. The Morgan fingerprint density at radius 2 is 1.81 bits per heavy atom. The summed E-state index contributed by atoms with van der Waals surface area (Å²) in [6, 6.07) is 9.84. The highest BCUT2D eigenvalue weighted by Crippen LogP contribution is 2.67. The lowest BCUT2D eigenvalue weighted by molar-refractivity contribution is -0.196. The van der Waals surface area contributed by atoms with Gasteiger partial charge in [-0.25, -0.2) is 9.37 Å². The van der Waals surface area contributed by atoms with Crippen molar-refractivity contribution in [2.24, 2.45) is 5.41 Å². The Balaban J connectivity index is 1.49. The predicted molar refractivity (Wildman–Crippen MR) is 130 cm³/mol. The van der Waals surface area contributed by atoms with Crippen LogP contribution in [0.3, 0.4) is 0 Å². The molecule has 1 amide bonds. The van der Waals surface area contributed by atoms with Crippen LogP contribution in [0.4, 0.5) is 4.39 Å². The van der Waals surface area contributed by atoms with E-state index in [2.05, 4.69) is 5.32 Å². The van der Waals surface area contributed by atoms with Gasteiger partial charge in [0.25, 0.3) is 5.91 Å². The smallest absolute Gasteiger partial charge is 0.309 e. The summed E-state index contributed by atoms with van der Waals surface area (Å²) >= 11 is 0. The highest BCUT2D eigenvalue weighted by molar-refractivity contribution is 6.10. The zero-order valence-corrected chi connectivity index (χ0v) is 19.9. The number of phenols is 1. The summed E-state index contributed by atoms with van der Waals surface area (Å²) in [7, 11) is 0. The number of hydrogen-bond acceptors (Lipinski definition) is 5. The summed E-state index contributed by atoms with van der Waals surface area (Å²) in [5.74, 6) is -1.43. The number of amides is 1. The monoisotopic (exact) mass is 490 g/mol. The van der Waals surface area contributed by atoms with Gasteiger partial charge in [-0.15, -0.1) is 0 Å². The van der Waals surface area contributed by atoms with E-state index in [4.69, 9.17) is 9.72 Å². The lowest BCUT2D eigenvalue weighted by Crippen LogP contribution is -2.77. The number of carboxylic acid groups (broad SMARTS) is 1. The summed E-state index contributed by atoms with van der Waals surface area (Å²) in [6.45, 7) is 2.89. The van der Waals surface area contributed by atoms with E-state index in [1.54, 1.807) is 31.2 Å². The van der Waals surface area contributed by atoms with Gasteiger partial charge in [0.15, 0.2) is 0 Å². The molecule has 2 aromatic carbocycles. The maximum absolute atomic E-state index is 14.1. The minimum absolute atomic E-state index is 0.00810. The summed E-state index contributed by atoms with van der Waals surface area (Å²) in [6.07, 6.45) is 2.75. The number of rotatable bonds is 5. The van der Waals surface area contributed by atoms with Crippen LogP contribution in [0.1, 0.15) is 59.8 Å². The van der Waals surface area contributed by atoms with Crippen molar-refractivity contribution in [1.82, 2.24) is 10.3 Å². The quantitative estimate of drug-likeness (QED) is 0.479. The van der Waals surface area contributed by atoms with Crippen molar-refractivity contribution in [3.05, 3.63) is 59.2 Å². The van der Waals surface area contributed by atoms with Gasteiger partial charge in [0.1, 0.15) is 17.3 Å². The van der Waals surface area contributed by atoms with Gasteiger partial charge in [0, 0.05) is 35.6 Å². The number of aliphatic carboxylic acids is 1. The van der Waals surface area contributed by atoms with Crippen LogP contribution >= 0.6 is 0 Å². The summed E-state index contributed by atoms with van der Waals surface area (Å²) in [5, 5.41) is 24.0. The van der Waals surface area contributed by atoms with Crippen LogP contribution < -0.4 is 5.32 Å². The zero-order chi connectivity index (χ0) is 25.2. The van der Waals surface area contributed by atoms with Crippen LogP contribution in [0.5, 0.6) is 5.75 Å². The highest BCUT2D eigenvalue weighted by atomic mass is 19.1. The van der Waals surface area contributed by atoms with E-state index in [9.17, 15) is 24.2 Å². The van der Waals surface area contributed by atoms with Crippen molar-refractivity contribution in [2.45, 2.75) is 50.5 Å². The van der Waals surface area contributed by atoms with Gasteiger partial charge < -0.3 is 20.3 Å². The number of phenolic OH excluding ortho intramolecular Hbond substituents is 1. The number of carboxylic acids is 1. The number of nitrogens with one attached hydrogen (secondary N) is 1. The molecule has 0 unspecified atom stereocenters. The molecule has 7 rings (SSSR count). The molecule has 1 saturated heterocycles. The minimum atomic E-state index is -0.812. The number of ether oxygens (including phenoxy) is 1. The third-order valence-corrected chi connectivity index (χ3v) is 8.15. The predicted octanol–water partition coefficient (Wildman–Crippen LogP) is 4.69. The number of carbonyl (C=O) groups excluding carboxylic acids is 1. The normalized spacial score (nSPS) is 25.2. The van der Waals surface area contributed by atoms with Crippen molar-refractivity contribution in [1.29, 1.82) is 0 Å². The zero-order valence-electron chi connectivity index (χ0n) is 19.9. The lowest BCUT2D eigenvalue weighted by Gasteiger charge is -2.67. The van der Waals surface area contributed by atoms with Crippen LogP contribution in [0.25, 0.3) is 21.9 Å². The largest absolute Gasteiger partial charge is 0.508 e. The summed E-state index contributed by atoms with van der Waals surface area (Å²) < 4.78 is 19.7. The topological polar surface area (TPSA) is 109 Å². The average molecular weight is 491 g/mol. The summed E-state index contributed by atoms with van der Waals surface area (Å²) in [5.41, 5.74) is 1.88. The van der Waals surface area contributed by atoms with Gasteiger partial charge in [-0.2, -0.15) is 0 Å². The molecular weight excluding hydrogens is 463 g/mol. The standard InChI is InChI=1S/C28H27FN2O5/c1-15-10-17(2-5-21(15)29)22-19-4-3-18(32)11-20(19)24(30-23(22)16-6-8-36-9-7-16)25(33)31-28-12-27(13-28,14-28)26(34)35/h2-5,10-11,16,32H,6-9,12-14H2,1H3,(H,31,33)(H,34,35). The minimum Gasteiger partial charge on any atom is -0.508 e. The van der Waals surface area contributed by atoms with E-state index >= 15 is 0 Å². The SMILES string of the molecule is Cc1cc(-c2c(C3CCOCC3)nc(C(=O)NC34CC(C(=O)O)(C3)C4)c3cc(O)ccc23)ccc1F. The molecule has 4 fully saturated rings. The molecule has 186 valence electrons. The fourth-order valence-electron chi connectivity index (χ4n) is 6.31. The van der Waals surface area contributed by atoms with Crippen molar-refractivity contribution >= 4 is 22.6 Å². The first kappa shape index (κ1) is 22.9. The molecule has 4 aliphatic rings. The number of aryl methyl sites for hydroxylation is 1. The molecule has 3 aliphatic carbocycles. The van der Waals surface area contributed by atoms with E-state index in [-0.39, 0.29) is 29.1 Å². The summed E-state index contributed by atoms with van der Waals surface area (Å²) in [4.78, 5) is 30.0. The molecule has 1 aliphatic heterocycles. The molecule has 7 nitrogen and oxygen atoms in total. The van der Waals surface area contributed by atoms with Crippen LogP contribution in [0, 0.1) is 18.2 Å².